The van der Waals surface area contributed by atoms with Gasteiger partial charge in [0.2, 0.25) is 5.91 Å². The lowest BCUT2D eigenvalue weighted by Crippen LogP contribution is -2.50. The number of hydrogen-bond acceptors (Lipinski definition) is 5. The number of unbranched alkanes of at least 4 members (excludes halogenated alkanes) is 16. The average Bonchev–Trinajstić information content (AvgIpc) is 2.98. The van der Waals surface area contributed by atoms with Gasteiger partial charge < -0.3 is 15.5 Å². The standard InChI is InChI=1S/C36H65NO6S/c1-3-5-7-9-11-13-15-17-18-19-21-22-24-26-28-30-34(38)33(32-44(41,42)43)37-36(40)35(39)31-29-27-25-23-20-16-14-12-10-8-6-4-2/h20-23,27-30,33-35,38-39H,3-19,24-26,31-32H2,1-2H3,(H,37,40)(H,41,42,43)/b22-21+,23-20-,29-27-,30-28+. The second-order valence-electron chi connectivity index (χ2n) is 11.9. The van der Waals surface area contributed by atoms with Gasteiger partial charge in [0.25, 0.3) is 10.1 Å². The molecular formula is C36H65NO6S. The summed E-state index contributed by atoms with van der Waals surface area (Å²) in [6.45, 7) is 4.45. The first-order valence-electron chi connectivity index (χ1n) is 17.4. The second kappa shape index (κ2) is 29.9. The topological polar surface area (TPSA) is 124 Å². The molecule has 0 bridgehead atoms. The maximum absolute atomic E-state index is 12.5. The Morgan fingerprint density at radius 2 is 1.09 bits per heavy atom. The highest BCUT2D eigenvalue weighted by atomic mass is 32.2. The summed E-state index contributed by atoms with van der Waals surface area (Å²) < 4.78 is 32.3. The van der Waals surface area contributed by atoms with Crippen molar-refractivity contribution in [3.8, 4) is 0 Å². The van der Waals surface area contributed by atoms with Crippen molar-refractivity contribution >= 4 is 16.0 Å². The van der Waals surface area contributed by atoms with Gasteiger partial charge >= 0.3 is 0 Å². The molecule has 0 saturated heterocycles. The summed E-state index contributed by atoms with van der Waals surface area (Å²) in [6.07, 6.45) is 36.2. The maximum Gasteiger partial charge on any atom is 0.267 e. The van der Waals surface area contributed by atoms with Gasteiger partial charge in [-0.15, -0.1) is 0 Å². The van der Waals surface area contributed by atoms with Crippen LogP contribution < -0.4 is 5.32 Å². The summed E-state index contributed by atoms with van der Waals surface area (Å²) in [4.78, 5) is 12.5. The van der Waals surface area contributed by atoms with Gasteiger partial charge in [0.05, 0.1) is 17.9 Å². The van der Waals surface area contributed by atoms with Crippen LogP contribution in [0.3, 0.4) is 0 Å². The SMILES string of the molecule is CCCCCCCC/C=C\C/C=C\CC(O)C(=O)NC(CS(=O)(=O)O)C(O)/C=C/CC/C=C/CCCCCCCCCCC. The Morgan fingerprint density at radius 1 is 0.636 bits per heavy atom. The van der Waals surface area contributed by atoms with Crippen molar-refractivity contribution in [2.75, 3.05) is 5.75 Å². The molecule has 0 saturated carbocycles. The molecule has 0 spiro atoms. The molecule has 0 heterocycles. The lowest BCUT2D eigenvalue weighted by atomic mass is 10.1. The van der Waals surface area contributed by atoms with Crippen LogP contribution in [0, 0.1) is 0 Å². The third kappa shape index (κ3) is 29.0. The van der Waals surface area contributed by atoms with Gasteiger partial charge in [-0.25, -0.2) is 0 Å². The molecule has 0 aromatic rings. The number of allylic oxidation sites excluding steroid dienone is 6. The van der Waals surface area contributed by atoms with Crippen molar-refractivity contribution in [2.24, 2.45) is 0 Å². The molecule has 44 heavy (non-hydrogen) atoms. The highest BCUT2D eigenvalue weighted by Gasteiger charge is 2.27. The number of carbonyl (C=O) groups is 1. The van der Waals surface area contributed by atoms with Crippen molar-refractivity contribution in [3.05, 3.63) is 48.6 Å². The number of nitrogens with one attached hydrogen (secondary N) is 1. The Morgan fingerprint density at radius 3 is 1.64 bits per heavy atom. The van der Waals surface area contributed by atoms with Crippen LogP contribution in [0.25, 0.3) is 0 Å². The molecule has 0 rings (SSSR count). The van der Waals surface area contributed by atoms with Gasteiger partial charge in [-0.05, 0) is 44.9 Å². The van der Waals surface area contributed by atoms with E-state index >= 15 is 0 Å². The Kier molecular flexibility index (Phi) is 28.8. The number of rotatable bonds is 30. The first-order chi connectivity index (χ1) is 21.2. The number of hydrogen-bond donors (Lipinski definition) is 4. The largest absolute Gasteiger partial charge is 0.387 e. The highest BCUT2D eigenvalue weighted by Crippen LogP contribution is 2.11. The van der Waals surface area contributed by atoms with Gasteiger partial charge in [-0.1, -0.05) is 146 Å². The molecule has 1 amide bonds. The van der Waals surface area contributed by atoms with Crippen LogP contribution in [-0.2, 0) is 14.9 Å². The summed E-state index contributed by atoms with van der Waals surface area (Å²) in [5, 5.41) is 23.1. The first-order valence-corrected chi connectivity index (χ1v) is 19.1. The van der Waals surface area contributed by atoms with Crippen molar-refractivity contribution in [2.45, 2.75) is 167 Å². The molecule has 0 aromatic carbocycles. The van der Waals surface area contributed by atoms with Crippen molar-refractivity contribution in [1.29, 1.82) is 0 Å². The predicted octanol–water partition coefficient (Wildman–Crippen LogP) is 8.54. The molecule has 8 heteroatoms. The van der Waals surface area contributed by atoms with Crippen LogP contribution in [0.15, 0.2) is 48.6 Å². The molecule has 0 aliphatic carbocycles. The summed E-state index contributed by atoms with van der Waals surface area (Å²) in [7, 11) is -4.46. The van der Waals surface area contributed by atoms with Gasteiger partial charge in [-0.3, -0.25) is 9.35 Å². The third-order valence-electron chi connectivity index (χ3n) is 7.60. The van der Waals surface area contributed by atoms with Gasteiger partial charge in [-0.2, -0.15) is 8.42 Å². The van der Waals surface area contributed by atoms with Crippen LogP contribution in [0.5, 0.6) is 0 Å². The van der Waals surface area contributed by atoms with E-state index in [0.717, 1.165) is 19.3 Å². The number of aliphatic hydroxyl groups excluding tert-OH is 2. The molecule has 4 N–H and O–H groups in total. The predicted molar refractivity (Wildman–Crippen MR) is 185 cm³/mol. The first kappa shape index (κ1) is 42.3. The monoisotopic (exact) mass is 639 g/mol. The average molecular weight is 640 g/mol. The van der Waals surface area contributed by atoms with Crippen LogP contribution >= 0.6 is 0 Å². The molecule has 7 nitrogen and oxygen atoms in total. The minimum atomic E-state index is -4.46. The van der Waals surface area contributed by atoms with E-state index in [9.17, 15) is 28.0 Å². The Hall–Kier alpha value is -1.74. The molecule has 0 fully saturated rings. The quantitative estimate of drug-likeness (QED) is 0.0355. The molecule has 0 aliphatic heterocycles. The zero-order valence-electron chi connectivity index (χ0n) is 27.9. The fourth-order valence-corrected chi connectivity index (χ4v) is 5.60. The van der Waals surface area contributed by atoms with E-state index in [0.29, 0.717) is 12.8 Å². The van der Waals surface area contributed by atoms with Crippen molar-refractivity contribution in [3.63, 3.8) is 0 Å². The van der Waals surface area contributed by atoms with Gasteiger partial charge in [0, 0.05) is 6.42 Å². The second-order valence-corrected chi connectivity index (χ2v) is 13.4. The third-order valence-corrected chi connectivity index (χ3v) is 8.38. The summed E-state index contributed by atoms with van der Waals surface area (Å²) in [5.74, 6) is -1.65. The summed E-state index contributed by atoms with van der Waals surface area (Å²) in [6, 6.07) is -1.28. The smallest absolute Gasteiger partial charge is 0.267 e. The van der Waals surface area contributed by atoms with Crippen LogP contribution in [0.2, 0.25) is 0 Å². The van der Waals surface area contributed by atoms with E-state index in [1.165, 1.54) is 102 Å². The molecule has 0 aromatic heterocycles. The van der Waals surface area contributed by atoms with E-state index in [-0.39, 0.29) is 6.42 Å². The van der Waals surface area contributed by atoms with E-state index in [1.807, 2.05) is 6.08 Å². The number of aliphatic hydroxyl groups is 2. The Labute approximate surface area is 270 Å². The summed E-state index contributed by atoms with van der Waals surface area (Å²) in [5.41, 5.74) is 0. The lowest BCUT2D eigenvalue weighted by Gasteiger charge is -2.22. The zero-order chi connectivity index (χ0) is 32.7. The normalized spacial score (nSPS) is 14.8. The van der Waals surface area contributed by atoms with E-state index in [2.05, 4.69) is 43.5 Å². The molecule has 3 unspecified atom stereocenters. The van der Waals surface area contributed by atoms with Gasteiger partial charge in [0.15, 0.2) is 0 Å². The maximum atomic E-state index is 12.5. The minimum Gasteiger partial charge on any atom is -0.387 e. The molecule has 0 radical (unpaired) electrons. The Bertz CT molecular complexity index is 896. The Balaban J connectivity index is 4.32. The van der Waals surface area contributed by atoms with Gasteiger partial charge in [0.1, 0.15) is 6.10 Å². The van der Waals surface area contributed by atoms with Crippen molar-refractivity contribution < 1.29 is 28.0 Å². The lowest BCUT2D eigenvalue weighted by molar-refractivity contribution is -0.130. The van der Waals surface area contributed by atoms with Crippen molar-refractivity contribution in [1.82, 2.24) is 5.32 Å². The van der Waals surface area contributed by atoms with Crippen LogP contribution in [0.4, 0.5) is 0 Å². The highest BCUT2D eigenvalue weighted by molar-refractivity contribution is 7.85. The van der Waals surface area contributed by atoms with E-state index < -0.39 is 40.0 Å². The molecule has 256 valence electrons. The fraction of sp³-hybridized carbons (Fsp3) is 0.750. The minimum absolute atomic E-state index is 0.0625. The fourth-order valence-electron chi connectivity index (χ4n) is 4.87. The molecular weight excluding hydrogens is 574 g/mol. The van der Waals surface area contributed by atoms with Crippen LogP contribution in [0.1, 0.15) is 149 Å². The number of carbonyl (C=O) groups excluding carboxylic acids is 1. The summed E-state index contributed by atoms with van der Waals surface area (Å²) >= 11 is 0. The van der Waals surface area contributed by atoms with E-state index in [1.54, 1.807) is 12.2 Å². The van der Waals surface area contributed by atoms with Crippen LogP contribution in [-0.4, -0.2) is 53.1 Å². The zero-order valence-corrected chi connectivity index (χ0v) is 28.7. The molecule has 0 aliphatic rings. The van der Waals surface area contributed by atoms with E-state index in [4.69, 9.17) is 0 Å². The molecule has 3 atom stereocenters. The number of amides is 1.